The molecule has 1 atom stereocenters. The first-order chi connectivity index (χ1) is 14.3. The summed E-state index contributed by atoms with van der Waals surface area (Å²) in [5, 5.41) is 0. The summed E-state index contributed by atoms with van der Waals surface area (Å²) < 4.78 is 15.7. The van der Waals surface area contributed by atoms with Gasteiger partial charge in [0.2, 0.25) is 5.91 Å². The number of likely N-dealkylation sites (tertiary alicyclic amines) is 2. The van der Waals surface area contributed by atoms with E-state index in [1.165, 1.54) is 6.07 Å². The van der Waals surface area contributed by atoms with E-state index in [1.807, 2.05) is 24.0 Å². The van der Waals surface area contributed by atoms with Crippen molar-refractivity contribution in [3.8, 4) is 0 Å². The molecule has 2 aliphatic heterocycles. The van der Waals surface area contributed by atoms with Crippen molar-refractivity contribution in [1.82, 2.24) is 19.4 Å². The molecule has 30 heavy (non-hydrogen) atoms. The van der Waals surface area contributed by atoms with Gasteiger partial charge >= 0.3 is 0 Å². The fourth-order valence-electron chi connectivity index (χ4n) is 5.20. The summed E-state index contributed by atoms with van der Waals surface area (Å²) in [5.74, 6) is 0.531. The highest BCUT2D eigenvalue weighted by Gasteiger charge is 2.52. The minimum absolute atomic E-state index is 0.157. The molecule has 0 N–H and O–H groups in total. The lowest BCUT2D eigenvalue weighted by Gasteiger charge is -2.37. The molecular weight excluding hydrogens is 379 g/mol. The van der Waals surface area contributed by atoms with Crippen molar-refractivity contribution in [2.45, 2.75) is 52.1 Å². The number of carbonyl (C=O) groups excluding carboxylic acids is 1. The van der Waals surface area contributed by atoms with Gasteiger partial charge in [0.05, 0.1) is 17.4 Å². The second-order valence-electron chi connectivity index (χ2n) is 9.63. The molecule has 5 nitrogen and oxygen atoms in total. The van der Waals surface area contributed by atoms with Gasteiger partial charge in [0.15, 0.2) is 0 Å². The number of hydrogen-bond acceptors (Lipinski definition) is 3. The number of rotatable bonds is 6. The van der Waals surface area contributed by atoms with Crippen LogP contribution in [0.4, 0.5) is 4.39 Å². The van der Waals surface area contributed by atoms with Gasteiger partial charge in [0.25, 0.3) is 0 Å². The fraction of sp³-hybridized carbons (Fsp3) is 0.583. The normalized spacial score (nSPS) is 21.8. The molecule has 2 fully saturated rings. The summed E-state index contributed by atoms with van der Waals surface area (Å²) in [5.41, 5.74) is 1.80. The standard InChI is InChI=1S/C24H33FN4O/c1-18(2)14-29-22(12-19-5-4-6-20(25)11-19)13-24(23(29)30)7-9-28(10-8-24)16-21-15-27(3)17-26-21/h4-6,11,15,17-18,22H,7-10,12-14,16H2,1-3H3. The fourth-order valence-corrected chi connectivity index (χ4v) is 5.20. The molecule has 4 rings (SSSR count). The topological polar surface area (TPSA) is 41.4 Å². The molecule has 0 radical (unpaired) electrons. The number of carbonyl (C=O) groups is 1. The van der Waals surface area contributed by atoms with Gasteiger partial charge in [-0.1, -0.05) is 26.0 Å². The minimum Gasteiger partial charge on any atom is -0.340 e. The van der Waals surface area contributed by atoms with Crippen molar-refractivity contribution in [2.24, 2.45) is 18.4 Å². The van der Waals surface area contributed by atoms with Crippen molar-refractivity contribution < 1.29 is 9.18 Å². The second-order valence-corrected chi connectivity index (χ2v) is 9.63. The zero-order chi connectivity index (χ0) is 21.3. The highest BCUT2D eigenvalue weighted by atomic mass is 19.1. The van der Waals surface area contributed by atoms with Gasteiger partial charge in [-0.2, -0.15) is 0 Å². The van der Waals surface area contributed by atoms with Crippen LogP contribution in [0.3, 0.4) is 0 Å². The van der Waals surface area contributed by atoms with Crippen LogP contribution in [0, 0.1) is 17.2 Å². The quantitative estimate of drug-likeness (QED) is 0.727. The maximum atomic E-state index is 13.7. The predicted molar refractivity (Wildman–Crippen MR) is 115 cm³/mol. The third kappa shape index (κ3) is 4.43. The van der Waals surface area contributed by atoms with Gasteiger partial charge in [-0.25, -0.2) is 9.37 Å². The summed E-state index contributed by atoms with van der Waals surface area (Å²) >= 11 is 0. The van der Waals surface area contributed by atoms with Crippen LogP contribution in [-0.2, 0) is 24.8 Å². The molecule has 2 aliphatic rings. The van der Waals surface area contributed by atoms with Crippen LogP contribution >= 0.6 is 0 Å². The van der Waals surface area contributed by atoms with Crippen LogP contribution in [0.5, 0.6) is 0 Å². The van der Waals surface area contributed by atoms with E-state index >= 15 is 0 Å². The maximum Gasteiger partial charge on any atom is 0.229 e. The molecule has 3 heterocycles. The van der Waals surface area contributed by atoms with Crippen molar-refractivity contribution >= 4 is 5.91 Å². The third-order valence-corrected chi connectivity index (χ3v) is 6.66. The molecular formula is C24H33FN4O. The first kappa shape index (κ1) is 21.0. The lowest BCUT2D eigenvalue weighted by molar-refractivity contribution is -0.139. The third-order valence-electron chi connectivity index (χ3n) is 6.66. The number of amides is 1. The maximum absolute atomic E-state index is 13.7. The minimum atomic E-state index is -0.256. The van der Waals surface area contributed by atoms with E-state index in [1.54, 1.807) is 12.1 Å². The summed E-state index contributed by atoms with van der Waals surface area (Å²) in [6.07, 6.45) is 7.30. The van der Waals surface area contributed by atoms with Crippen LogP contribution in [0.2, 0.25) is 0 Å². The molecule has 0 saturated carbocycles. The predicted octanol–water partition coefficient (Wildman–Crippen LogP) is 3.64. The van der Waals surface area contributed by atoms with Crippen LogP contribution in [0.25, 0.3) is 0 Å². The number of aryl methyl sites for hydroxylation is 1. The van der Waals surface area contributed by atoms with Crippen molar-refractivity contribution in [3.05, 3.63) is 53.9 Å². The van der Waals surface area contributed by atoms with Crippen molar-refractivity contribution in [1.29, 1.82) is 0 Å². The Bertz CT molecular complexity index is 885. The Labute approximate surface area is 178 Å². The van der Waals surface area contributed by atoms with Gasteiger partial charge in [0.1, 0.15) is 5.82 Å². The summed E-state index contributed by atoms with van der Waals surface area (Å²) in [4.78, 5) is 22.5. The van der Waals surface area contributed by atoms with E-state index in [0.717, 1.165) is 63.1 Å². The lowest BCUT2D eigenvalue weighted by Crippen LogP contribution is -2.45. The van der Waals surface area contributed by atoms with Gasteiger partial charge in [-0.05, 0) is 62.4 Å². The van der Waals surface area contributed by atoms with Crippen LogP contribution in [-0.4, -0.2) is 50.9 Å². The van der Waals surface area contributed by atoms with Crippen LogP contribution < -0.4 is 0 Å². The molecule has 1 spiro atoms. The first-order valence-electron chi connectivity index (χ1n) is 11.1. The van der Waals surface area contributed by atoms with E-state index in [4.69, 9.17) is 0 Å². The molecule has 1 aromatic carbocycles. The van der Waals surface area contributed by atoms with E-state index in [9.17, 15) is 9.18 Å². The summed E-state index contributed by atoms with van der Waals surface area (Å²) in [6.45, 7) is 7.78. The second kappa shape index (κ2) is 8.50. The highest BCUT2D eigenvalue weighted by molar-refractivity contribution is 5.85. The van der Waals surface area contributed by atoms with E-state index in [2.05, 4.69) is 34.8 Å². The number of benzene rings is 1. The molecule has 6 heteroatoms. The molecule has 1 amide bonds. The van der Waals surface area contributed by atoms with E-state index in [-0.39, 0.29) is 17.3 Å². The van der Waals surface area contributed by atoms with Crippen LogP contribution in [0.1, 0.15) is 44.4 Å². The molecule has 0 aliphatic carbocycles. The Morgan fingerprint density at radius 3 is 2.67 bits per heavy atom. The molecule has 162 valence electrons. The molecule has 1 unspecified atom stereocenters. The van der Waals surface area contributed by atoms with Crippen molar-refractivity contribution in [3.63, 3.8) is 0 Å². The summed E-state index contributed by atoms with van der Waals surface area (Å²) in [6, 6.07) is 6.98. The monoisotopic (exact) mass is 412 g/mol. The lowest BCUT2D eigenvalue weighted by atomic mass is 9.75. The molecule has 0 bridgehead atoms. The van der Waals surface area contributed by atoms with Gasteiger partial charge in [-0.15, -0.1) is 0 Å². The zero-order valence-corrected chi connectivity index (χ0v) is 18.4. The zero-order valence-electron chi connectivity index (χ0n) is 18.4. The Kier molecular flexibility index (Phi) is 5.96. The SMILES string of the molecule is CC(C)CN1C(=O)C2(CCN(Cc3cn(C)cn3)CC2)CC1Cc1cccc(F)c1. The van der Waals surface area contributed by atoms with E-state index in [0.29, 0.717) is 11.8 Å². The Morgan fingerprint density at radius 1 is 1.27 bits per heavy atom. The number of halogens is 1. The van der Waals surface area contributed by atoms with E-state index < -0.39 is 0 Å². The Morgan fingerprint density at radius 2 is 2.03 bits per heavy atom. The largest absolute Gasteiger partial charge is 0.340 e. The molecule has 2 saturated heterocycles. The number of aromatic nitrogens is 2. The number of nitrogens with zero attached hydrogens (tertiary/aromatic N) is 4. The van der Waals surface area contributed by atoms with Gasteiger partial charge in [0, 0.05) is 32.4 Å². The Balaban J connectivity index is 1.46. The van der Waals surface area contributed by atoms with Crippen molar-refractivity contribution in [2.75, 3.05) is 19.6 Å². The van der Waals surface area contributed by atoms with Gasteiger partial charge in [-0.3, -0.25) is 9.69 Å². The number of imidazole rings is 1. The smallest absolute Gasteiger partial charge is 0.229 e. The number of piperidine rings is 1. The first-order valence-corrected chi connectivity index (χ1v) is 11.1. The average Bonchev–Trinajstić information content (AvgIpc) is 3.20. The average molecular weight is 413 g/mol. The number of hydrogen-bond donors (Lipinski definition) is 0. The Hall–Kier alpha value is -2.21. The molecule has 2 aromatic rings. The van der Waals surface area contributed by atoms with Gasteiger partial charge < -0.3 is 9.47 Å². The van der Waals surface area contributed by atoms with Crippen LogP contribution in [0.15, 0.2) is 36.8 Å². The molecule has 1 aromatic heterocycles. The highest BCUT2D eigenvalue weighted by Crippen LogP contribution is 2.45. The summed E-state index contributed by atoms with van der Waals surface area (Å²) in [7, 11) is 1.99.